The van der Waals surface area contributed by atoms with Gasteiger partial charge in [0.15, 0.2) is 0 Å². The maximum atomic E-state index is 15.2. The molecule has 0 spiro atoms. The zero-order chi connectivity index (χ0) is 33.1. The summed E-state index contributed by atoms with van der Waals surface area (Å²) < 4.78 is 40.5. The van der Waals surface area contributed by atoms with Crippen LogP contribution in [0.3, 0.4) is 0 Å². The predicted octanol–water partition coefficient (Wildman–Crippen LogP) is 8.32. The van der Waals surface area contributed by atoms with Gasteiger partial charge in [0.05, 0.1) is 12.0 Å². The average Bonchev–Trinajstić information content (AvgIpc) is 3.05. The van der Waals surface area contributed by atoms with Gasteiger partial charge < -0.3 is 10.2 Å². The van der Waals surface area contributed by atoms with E-state index in [1.54, 1.807) is 4.90 Å². The highest BCUT2D eigenvalue weighted by Gasteiger charge is 2.57. The second-order valence-electron chi connectivity index (χ2n) is 16.0. The molecule has 0 aromatic heterocycles. The molecular weight excluding hydrogens is 609 g/mol. The SMILES string of the molecule is O=C(Cc1ccccc1)N(Cc1ccc(C(F)(F)F)cc1)[C@]1(C(=O)NC23CC4CC(CC(C4)C2)C3)CC[C@@H]2Cc3ccccc3C[C@@H]2C1. The molecule has 4 bridgehead atoms. The van der Waals surface area contributed by atoms with Crippen LogP contribution in [-0.2, 0) is 41.6 Å². The molecule has 6 aliphatic rings. The fourth-order valence-electron chi connectivity index (χ4n) is 10.9. The minimum absolute atomic E-state index is 0.0462. The van der Waals surface area contributed by atoms with Crippen molar-refractivity contribution in [2.45, 2.75) is 101 Å². The van der Waals surface area contributed by atoms with E-state index in [2.05, 4.69) is 29.6 Å². The smallest absolute Gasteiger partial charge is 0.349 e. The summed E-state index contributed by atoms with van der Waals surface area (Å²) in [6.07, 6.45) is 6.29. The van der Waals surface area contributed by atoms with E-state index in [1.807, 2.05) is 30.3 Å². The van der Waals surface area contributed by atoms with E-state index in [1.165, 1.54) is 42.5 Å². The molecule has 252 valence electrons. The molecule has 0 unspecified atom stereocenters. The fourth-order valence-corrected chi connectivity index (χ4v) is 10.9. The molecule has 2 amide bonds. The molecule has 0 radical (unpaired) electrons. The summed E-state index contributed by atoms with van der Waals surface area (Å²) in [6, 6.07) is 23.3. The highest BCUT2D eigenvalue weighted by Crippen LogP contribution is 2.56. The fraction of sp³-hybridized carbons (Fsp3) is 0.512. The maximum Gasteiger partial charge on any atom is 0.416 e. The third kappa shape index (κ3) is 5.96. The van der Waals surface area contributed by atoms with Gasteiger partial charge in [-0.2, -0.15) is 13.2 Å². The van der Waals surface area contributed by atoms with Crippen molar-refractivity contribution in [2.24, 2.45) is 29.6 Å². The van der Waals surface area contributed by atoms with Crippen molar-refractivity contribution in [1.29, 1.82) is 0 Å². The Kier molecular flexibility index (Phi) is 7.95. The number of hydrogen-bond acceptors (Lipinski definition) is 2. The van der Waals surface area contributed by atoms with Gasteiger partial charge in [0.1, 0.15) is 5.54 Å². The van der Waals surface area contributed by atoms with Crippen molar-refractivity contribution >= 4 is 11.8 Å². The molecule has 6 aliphatic carbocycles. The molecule has 3 atom stereocenters. The van der Waals surface area contributed by atoms with Crippen molar-refractivity contribution in [3.8, 4) is 0 Å². The number of carbonyl (C=O) groups is 2. The Morgan fingerprint density at radius 3 is 1.92 bits per heavy atom. The highest BCUT2D eigenvalue weighted by molar-refractivity contribution is 5.93. The zero-order valence-electron chi connectivity index (χ0n) is 27.5. The van der Waals surface area contributed by atoms with Gasteiger partial charge in [-0.15, -0.1) is 0 Å². The second-order valence-corrected chi connectivity index (χ2v) is 16.0. The van der Waals surface area contributed by atoms with Crippen LogP contribution in [-0.4, -0.2) is 27.8 Å². The van der Waals surface area contributed by atoms with Crippen LogP contribution in [0.5, 0.6) is 0 Å². The molecule has 9 rings (SSSR count). The molecule has 0 saturated heterocycles. The summed E-state index contributed by atoms with van der Waals surface area (Å²) in [6.45, 7) is 0.0894. The topological polar surface area (TPSA) is 49.4 Å². The molecule has 0 aliphatic heterocycles. The Hall–Kier alpha value is -3.61. The third-order valence-corrected chi connectivity index (χ3v) is 12.8. The number of alkyl halides is 3. The zero-order valence-corrected chi connectivity index (χ0v) is 27.5. The number of nitrogens with one attached hydrogen (secondary N) is 1. The van der Waals surface area contributed by atoms with Crippen molar-refractivity contribution in [2.75, 3.05) is 0 Å². The van der Waals surface area contributed by atoms with Crippen molar-refractivity contribution < 1.29 is 22.8 Å². The summed E-state index contributed by atoms with van der Waals surface area (Å²) in [5.74, 6) is 2.42. The lowest BCUT2D eigenvalue weighted by atomic mass is 9.52. The number of fused-ring (bicyclic) bond motifs is 2. The molecule has 1 N–H and O–H groups in total. The molecule has 0 heterocycles. The number of amides is 2. The quantitative estimate of drug-likeness (QED) is 0.279. The van der Waals surface area contributed by atoms with Crippen LogP contribution >= 0.6 is 0 Å². The Morgan fingerprint density at radius 2 is 1.31 bits per heavy atom. The van der Waals surface area contributed by atoms with E-state index in [0.29, 0.717) is 42.1 Å². The van der Waals surface area contributed by atoms with E-state index in [-0.39, 0.29) is 36.2 Å². The minimum atomic E-state index is -4.45. The van der Waals surface area contributed by atoms with Crippen molar-refractivity contribution in [1.82, 2.24) is 10.2 Å². The van der Waals surface area contributed by atoms with Gasteiger partial charge in [-0.05, 0) is 135 Å². The molecule has 7 heteroatoms. The highest BCUT2D eigenvalue weighted by atomic mass is 19.4. The normalized spacial score (nSPS) is 31.9. The first kappa shape index (κ1) is 31.6. The van der Waals surface area contributed by atoms with Gasteiger partial charge in [-0.25, -0.2) is 0 Å². The molecular formula is C41H45F3N2O2. The van der Waals surface area contributed by atoms with Crippen LogP contribution in [0.15, 0.2) is 78.9 Å². The van der Waals surface area contributed by atoms with Crippen LogP contribution in [0.1, 0.15) is 85.6 Å². The molecule has 48 heavy (non-hydrogen) atoms. The number of halogens is 3. The van der Waals surface area contributed by atoms with Crippen LogP contribution in [0.4, 0.5) is 13.2 Å². The lowest BCUT2D eigenvalue weighted by molar-refractivity contribution is -0.157. The van der Waals surface area contributed by atoms with Crippen LogP contribution in [0.2, 0.25) is 0 Å². The summed E-state index contributed by atoms with van der Waals surface area (Å²) in [7, 11) is 0. The van der Waals surface area contributed by atoms with Crippen LogP contribution < -0.4 is 5.32 Å². The van der Waals surface area contributed by atoms with Crippen molar-refractivity contribution in [3.63, 3.8) is 0 Å². The lowest BCUT2D eigenvalue weighted by Crippen LogP contribution is -2.69. The first-order chi connectivity index (χ1) is 23.1. The first-order valence-corrected chi connectivity index (χ1v) is 18.0. The first-order valence-electron chi connectivity index (χ1n) is 18.0. The van der Waals surface area contributed by atoms with Gasteiger partial charge in [0, 0.05) is 12.1 Å². The average molecular weight is 655 g/mol. The Balaban J connectivity index is 1.18. The van der Waals surface area contributed by atoms with Gasteiger partial charge in [-0.3, -0.25) is 9.59 Å². The van der Waals surface area contributed by atoms with Crippen LogP contribution in [0.25, 0.3) is 0 Å². The van der Waals surface area contributed by atoms with Gasteiger partial charge in [0.25, 0.3) is 0 Å². The number of hydrogen-bond donors (Lipinski definition) is 1. The van der Waals surface area contributed by atoms with Gasteiger partial charge in [-0.1, -0.05) is 66.7 Å². The minimum Gasteiger partial charge on any atom is -0.349 e. The summed E-state index contributed by atoms with van der Waals surface area (Å²) in [4.78, 5) is 31.7. The Bertz CT molecular complexity index is 1630. The molecule has 5 fully saturated rings. The number of benzene rings is 3. The second kappa shape index (κ2) is 12.1. The van der Waals surface area contributed by atoms with Crippen molar-refractivity contribution in [3.05, 3.63) is 107 Å². The number of nitrogens with zero attached hydrogens (tertiary/aromatic N) is 1. The monoisotopic (exact) mass is 654 g/mol. The summed E-state index contributed by atoms with van der Waals surface area (Å²) in [5, 5.41) is 3.68. The van der Waals surface area contributed by atoms with Crippen LogP contribution in [0, 0.1) is 29.6 Å². The largest absolute Gasteiger partial charge is 0.416 e. The van der Waals surface area contributed by atoms with E-state index in [9.17, 15) is 18.0 Å². The maximum absolute atomic E-state index is 15.2. The summed E-state index contributed by atoms with van der Waals surface area (Å²) in [5.41, 5.74) is 2.12. The van der Waals surface area contributed by atoms with E-state index >= 15 is 4.79 Å². The lowest BCUT2D eigenvalue weighted by Gasteiger charge is -2.58. The summed E-state index contributed by atoms with van der Waals surface area (Å²) >= 11 is 0. The molecule has 4 nitrogen and oxygen atoms in total. The molecule has 3 aromatic rings. The van der Waals surface area contributed by atoms with E-state index in [0.717, 1.165) is 56.2 Å². The third-order valence-electron chi connectivity index (χ3n) is 12.8. The number of carbonyl (C=O) groups excluding carboxylic acids is 2. The predicted molar refractivity (Wildman–Crippen MR) is 179 cm³/mol. The molecule has 3 aromatic carbocycles. The van der Waals surface area contributed by atoms with E-state index < -0.39 is 17.3 Å². The standard InChI is InChI=1S/C41H45F3N2O2/c42-41(43,44)36-12-10-28(11-13-36)26-46(37(47)19-27-6-2-1-3-7-27)40(15-14-34-20-32-8-4-5-9-33(32)21-35(34)25-40)38(48)45-39-22-29-16-30(23-39)18-31(17-29)24-39/h1-13,29-31,34-35H,14-26H2,(H,45,48)/t29?,30?,31?,34-,35-,39?,40-/m1/s1. The van der Waals surface area contributed by atoms with Gasteiger partial charge >= 0.3 is 6.18 Å². The Morgan fingerprint density at radius 1 is 0.729 bits per heavy atom. The van der Waals surface area contributed by atoms with E-state index in [4.69, 9.17) is 0 Å². The van der Waals surface area contributed by atoms with Gasteiger partial charge in [0.2, 0.25) is 11.8 Å². The molecule has 5 saturated carbocycles. The number of rotatable bonds is 7. The Labute approximate surface area is 281 Å².